The summed E-state index contributed by atoms with van der Waals surface area (Å²) in [5.41, 5.74) is 0. The van der Waals surface area contributed by atoms with Crippen molar-refractivity contribution in [3.05, 3.63) is 12.7 Å². The summed E-state index contributed by atoms with van der Waals surface area (Å²) in [5, 5.41) is 11.5. The van der Waals surface area contributed by atoms with Crippen LogP contribution in [-0.4, -0.2) is 41.6 Å². The first-order valence-electron chi connectivity index (χ1n) is 7.32. The molecule has 5 heteroatoms. The average molecular weight is 284 g/mol. The second-order valence-electron chi connectivity index (χ2n) is 5.39. The summed E-state index contributed by atoms with van der Waals surface area (Å²) in [5.74, 6) is -0.270. The molecular weight excluding hydrogens is 256 g/mol. The number of rotatable bonds is 11. The molecule has 0 unspecified atom stereocenters. The molecule has 5 nitrogen and oxygen atoms in total. The van der Waals surface area contributed by atoms with E-state index in [1.54, 1.807) is 0 Å². The minimum atomic E-state index is -1.02. The molecule has 0 rings (SSSR count). The molecule has 116 valence electrons. The highest BCUT2D eigenvalue weighted by molar-refractivity contribution is 5.80. The van der Waals surface area contributed by atoms with Crippen LogP contribution in [0.5, 0.6) is 0 Å². The molecule has 0 radical (unpaired) electrons. The van der Waals surface area contributed by atoms with Crippen LogP contribution >= 0.6 is 0 Å². The highest BCUT2D eigenvalue weighted by Gasteiger charge is 2.14. The standard InChI is InChI=1S/C15H28N2O3/c1-4-11-17(12-14(18)19)15(20)16-10-8-6-5-7-9-13(2)3/h4,13H,1,5-12H2,2-3H3,(H,16,20)(H,18,19). The van der Waals surface area contributed by atoms with Gasteiger partial charge in [0.1, 0.15) is 6.54 Å². The number of hydrogen-bond acceptors (Lipinski definition) is 2. The number of nitrogens with one attached hydrogen (secondary N) is 1. The third kappa shape index (κ3) is 10.4. The van der Waals surface area contributed by atoms with Crippen LogP contribution in [0, 0.1) is 5.92 Å². The molecule has 2 amide bonds. The van der Waals surface area contributed by atoms with Gasteiger partial charge in [0.25, 0.3) is 0 Å². The van der Waals surface area contributed by atoms with E-state index in [9.17, 15) is 9.59 Å². The van der Waals surface area contributed by atoms with Gasteiger partial charge in [-0.25, -0.2) is 4.79 Å². The van der Waals surface area contributed by atoms with Gasteiger partial charge in [-0.05, 0) is 12.3 Å². The Balaban J connectivity index is 3.73. The predicted octanol–water partition coefficient (Wildman–Crippen LogP) is 2.88. The largest absolute Gasteiger partial charge is 0.480 e. The van der Waals surface area contributed by atoms with Gasteiger partial charge in [0.05, 0.1) is 0 Å². The van der Waals surface area contributed by atoms with Crippen LogP contribution in [0.4, 0.5) is 4.79 Å². The minimum absolute atomic E-state index is 0.243. The number of carbonyl (C=O) groups is 2. The number of carbonyl (C=O) groups excluding carboxylic acids is 1. The molecule has 20 heavy (non-hydrogen) atoms. The van der Waals surface area contributed by atoms with E-state index in [0.717, 1.165) is 18.8 Å². The number of unbranched alkanes of at least 4 members (excludes halogenated alkanes) is 3. The SMILES string of the molecule is C=CCN(CC(=O)O)C(=O)NCCCCCCC(C)C. The zero-order valence-corrected chi connectivity index (χ0v) is 12.7. The molecule has 0 spiro atoms. The molecule has 0 aromatic rings. The van der Waals surface area contributed by atoms with Crippen molar-refractivity contribution in [3.63, 3.8) is 0 Å². The molecule has 0 aliphatic heterocycles. The predicted molar refractivity (Wildman–Crippen MR) is 80.7 cm³/mol. The first kappa shape index (κ1) is 18.5. The van der Waals surface area contributed by atoms with E-state index in [2.05, 4.69) is 25.7 Å². The molecule has 0 bridgehead atoms. The zero-order valence-electron chi connectivity index (χ0n) is 12.7. The van der Waals surface area contributed by atoms with E-state index < -0.39 is 5.97 Å². The molecule has 0 saturated heterocycles. The van der Waals surface area contributed by atoms with Gasteiger partial charge in [-0.2, -0.15) is 0 Å². The second-order valence-corrected chi connectivity index (χ2v) is 5.39. The fourth-order valence-corrected chi connectivity index (χ4v) is 1.88. The summed E-state index contributed by atoms with van der Waals surface area (Å²) in [6, 6.07) is -0.338. The Morgan fingerprint density at radius 1 is 1.25 bits per heavy atom. The van der Waals surface area contributed by atoms with Gasteiger partial charge in [-0.3, -0.25) is 4.79 Å². The van der Waals surface area contributed by atoms with Gasteiger partial charge >= 0.3 is 12.0 Å². The summed E-state index contributed by atoms with van der Waals surface area (Å²) in [6.45, 7) is 8.49. The van der Waals surface area contributed by atoms with Crippen LogP contribution < -0.4 is 5.32 Å². The van der Waals surface area contributed by atoms with Crippen LogP contribution in [0.25, 0.3) is 0 Å². The lowest BCUT2D eigenvalue weighted by atomic mass is 10.0. The van der Waals surface area contributed by atoms with Crippen LogP contribution in [0.2, 0.25) is 0 Å². The molecule has 0 heterocycles. The topological polar surface area (TPSA) is 69.6 Å². The Hall–Kier alpha value is -1.52. The molecule has 0 aliphatic carbocycles. The second kappa shape index (κ2) is 11.3. The van der Waals surface area contributed by atoms with Gasteiger partial charge in [-0.15, -0.1) is 6.58 Å². The van der Waals surface area contributed by atoms with E-state index in [-0.39, 0.29) is 19.1 Å². The third-order valence-corrected chi connectivity index (χ3v) is 2.95. The maximum absolute atomic E-state index is 11.8. The first-order valence-corrected chi connectivity index (χ1v) is 7.32. The Labute approximate surface area is 122 Å². The number of hydrogen-bond donors (Lipinski definition) is 2. The van der Waals surface area contributed by atoms with Crippen LogP contribution in [0.3, 0.4) is 0 Å². The number of carboxylic acids is 1. The van der Waals surface area contributed by atoms with E-state index in [1.807, 2.05) is 0 Å². The van der Waals surface area contributed by atoms with Gasteiger partial charge in [0.15, 0.2) is 0 Å². The summed E-state index contributed by atoms with van der Waals surface area (Å²) in [7, 11) is 0. The van der Waals surface area contributed by atoms with Crippen molar-refractivity contribution in [2.45, 2.75) is 46.0 Å². The highest BCUT2D eigenvalue weighted by atomic mass is 16.4. The number of nitrogens with zero attached hydrogens (tertiary/aromatic N) is 1. The van der Waals surface area contributed by atoms with Crippen LogP contribution in [0.15, 0.2) is 12.7 Å². The summed E-state index contributed by atoms with van der Waals surface area (Å²) < 4.78 is 0. The Morgan fingerprint density at radius 3 is 2.45 bits per heavy atom. The van der Waals surface area contributed by atoms with Crippen molar-refractivity contribution in [1.29, 1.82) is 0 Å². The minimum Gasteiger partial charge on any atom is -0.480 e. The molecule has 0 saturated carbocycles. The van der Waals surface area contributed by atoms with Gasteiger partial charge < -0.3 is 15.3 Å². The zero-order chi connectivity index (χ0) is 15.4. The smallest absolute Gasteiger partial charge is 0.323 e. The van der Waals surface area contributed by atoms with Crippen molar-refractivity contribution in [2.75, 3.05) is 19.6 Å². The molecule has 0 aliphatic rings. The third-order valence-electron chi connectivity index (χ3n) is 2.95. The number of aliphatic carboxylic acids is 1. The highest BCUT2D eigenvalue weighted by Crippen LogP contribution is 2.08. The van der Waals surface area contributed by atoms with Crippen molar-refractivity contribution < 1.29 is 14.7 Å². The quantitative estimate of drug-likeness (QED) is 0.453. The van der Waals surface area contributed by atoms with Gasteiger partial charge in [-0.1, -0.05) is 45.6 Å². The lowest BCUT2D eigenvalue weighted by Crippen LogP contribution is -2.43. The van der Waals surface area contributed by atoms with Crippen LogP contribution in [0.1, 0.15) is 46.0 Å². The molecule has 0 aromatic heterocycles. The monoisotopic (exact) mass is 284 g/mol. The number of urea groups is 1. The molecule has 0 fully saturated rings. The fourth-order valence-electron chi connectivity index (χ4n) is 1.88. The van der Waals surface area contributed by atoms with E-state index in [4.69, 9.17) is 5.11 Å². The molecule has 2 N–H and O–H groups in total. The molecular formula is C15H28N2O3. The molecule has 0 aromatic carbocycles. The van der Waals surface area contributed by atoms with Crippen molar-refractivity contribution in [3.8, 4) is 0 Å². The summed E-state index contributed by atoms with van der Waals surface area (Å²) in [6.07, 6.45) is 7.20. The van der Waals surface area contributed by atoms with Gasteiger partial charge in [0, 0.05) is 13.1 Å². The van der Waals surface area contributed by atoms with Gasteiger partial charge in [0.2, 0.25) is 0 Å². The molecule has 0 atom stereocenters. The first-order chi connectivity index (χ1) is 9.47. The lowest BCUT2D eigenvalue weighted by molar-refractivity contribution is -0.137. The average Bonchev–Trinajstić information content (AvgIpc) is 2.36. The summed E-state index contributed by atoms with van der Waals surface area (Å²) >= 11 is 0. The number of amides is 2. The van der Waals surface area contributed by atoms with Crippen molar-refractivity contribution in [1.82, 2.24) is 10.2 Å². The van der Waals surface area contributed by atoms with E-state index in [1.165, 1.54) is 30.2 Å². The van der Waals surface area contributed by atoms with Crippen molar-refractivity contribution >= 4 is 12.0 Å². The van der Waals surface area contributed by atoms with Crippen LogP contribution in [-0.2, 0) is 4.79 Å². The Bertz CT molecular complexity index is 303. The fraction of sp³-hybridized carbons (Fsp3) is 0.733. The maximum Gasteiger partial charge on any atom is 0.323 e. The normalized spacial score (nSPS) is 10.3. The maximum atomic E-state index is 11.8. The van der Waals surface area contributed by atoms with E-state index in [0.29, 0.717) is 6.54 Å². The van der Waals surface area contributed by atoms with Crippen molar-refractivity contribution in [2.24, 2.45) is 5.92 Å². The number of carboxylic acid groups (broad SMARTS) is 1. The van der Waals surface area contributed by atoms with E-state index >= 15 is 0 Å². The summed E-state index contributed by atoms with van der Waals surface area (Å²) in [4.78, 5) is 23.6. The Morgan fingerprint density at radius 2 is 1.90 bits per heavy atom. The Kier molecular flexibility index (Phi) is 10.5. The lowest BCUT2D eigenvalue weighted by Gasteiger charge is -2.19.